The van der Waals surface area contributed by atoms with Gasteiger partial charge < -0.3 is 21.7 Å². The maximum atomic E-state index is 11.8. The van der Waals surface area contributed by atoms with E-state index in [1.165, 1.54) is 6.42 Å². The van der Waals surface area contributed by atoms with E-state index in [-0.39, 0.29) is 11.8 Å². The first kappa shape index (κ1) is 11.2. The molecule has 2 saturated heterocycles. The van der Waals surface area contributed by atoms with E-state index in [9.17, 15) is 9.59 Å². The van der Waals surface area contributed by atoms with Crippen LogP contribution in [0.4, 0.5) is 4.79 Å². The van der Waals surface area contributed by atoms with Gasteiger partial charge in [0.05, 0.1) is 5.92 Å². The lowest BCUT2D eigenvalue weighted by molar-refractivity contribution is -0.125. The SMILES string of the molecule is NC(=O)NCCNC(=O)C1CC2CCC1N2. The minimum absolute atomic E-state index is 0.0889. The Morgan fingerprint density at radius 3 is 2.56 bits per heavy atom. The van der Waals surface area contributed by atoms with Crippen molar-refractivity contribution < 1.29 is 9.59 Å². The largest absolute Gasteiger partial charge is 0.354 e. The Labute approximate surface area is 94.3 Å². The van der Waals surface area contributed by atoms with Crippen molar-refractivity contribution in [2.24, 2.45) is 11.7 Å². The van der Waals surface area contributed by atoms with Gasteiger partial charge in [0.15, 0.2) is 0 Å². The Balaban J connectivity index is 1.66. The number of hydrogen-bond donors (Lipinski definition) is 4. The molecule has 0 saturated carbocycles. The second-order valence-corrected chi connectivity index (χ2v) is 4.47. The van der Waals surface area contributed by atoms with Crippen molar-refractivity contribution in [2.75, 3.05) is 13.1 Å². The summed E-state index contributed by atoms with van der Waals surface area (Å²) in [6.07, 6.45) is 3.24. The van der Waals surface area contributed by atoms with E-state index >= 15 is 0 Å². The molecule has 0 aromatic heterocycles. The van der Waals surface area contributed by atoms with Gasteiger partial charge in [0, 0.05) is 25.2 Å². The molecule has 2 aliphatic rings. The van der Waals surface area contributed by atoms with E-state index < -0.39 is 6.03 Å². The van der Waals surface area contributed by atoms with E-state index in [2.05, 4.69) is 16.0 Å². The third-order valence-corrected chi connectivity index (χ3v) is 3.36. The highest BCUT2D eigenvalue weighted by atomic mass is 16.2. The normalized spacial score (nSPS) is 31.4. The molecule has 0 aliphatic carbocycles. The first-order valence-electron chi connectivity index (χ1n) is 5.74. The van der Waals surface area contributed by atoms with Crippen LogP contribution >= 0.6 is 0 Å². The van der Waals surface area contributed by atoms with E-state index in [0.29, 0.717) is 25.2 Å². The van der Waals surface area contributed by atoms with Crippen LogP contribution in [0.3, 0.4) is 0 Å². The second kappa shape index (κ2) is 4.69. The molecule has 2 fully saturated rings. The number of amides is 3. The topological polar surface area (TPSA) is 96.2 Å². The van der Waals surface area contributed by atoms with Crippen molar-refractivity contribution in [3.8, 4) is 0 Å². The molecule has 3 amide bonds. The molecule has 2 aliphatic heterocycles. The van der Waals surface area contributed by atoms with Gasteiger partial charge in [-0.25, -0.2) is 4.79 Å². The summed E-state index contributed by atoms with van der Waals surface area (Å²) in [6.45, 7) is 0.824. The first-order valence-corrected chi connectivity index (χ1v) is 5.74. The molecule has 3 atom stereocenters. The molecular formula is C10H18N4O2. The lowest BCUT2D eigenvalue weighted by atomic mass is 9.88. The Kier molecular flexibility index (Phi) is 3.28. The van der Waals surface area contributed by atoms with Crippen molar-refractivity contribution in [1.82, 2.24) is 16.0 Å². The molecule has 6 nitrogen and oxygen atoms in total. The van der Waals surface area contributed by atoms with Gasteiger partial charge in [-0.1, -0.05) is 0 Å². The third-order valence-electron chi connectivity index (χ3n) is 3.36. The number of primary amides is 1. The summed E-state index contributed by atoms with van der Waals surface area (Å²) in [5, 5.41) is 8.67. The maximum Gasteiger partial charge on any atom is 0.312 e. The summed E-state index contributed by atoms with van der Waals surface area (Å²) in [6, 6.07) is 0.328. The fourth-order valence-corrected chi connectivity index (χ4v) is 2.62. The first-order chi connectivity index (χ1) is 7.66. The van der Waals surface area contributed by atoms with Crippen LogP contribution in [0.2, 0.25) is 0 Å². The molecule has 2 rings (SSSR count). The smallest absolute Gasteiger partial charge is 0.312 e. The summed E-state index contributed by atoms with van der Waals surface area (Å²) < 4.78 is 0. The Morgan fingerprint density at radius 2 is 2.00 bits per heavy atom. The third kappa shape index (κ3) is 2.44. The quantitative estimate of drug-likeness (QED) is 0.459. The van der Waals surface area contributed by atoms with Crippen LogP contribution in [-0.2, 0) is 4.79 Å². The van der Waals surface area contributed by atoms with Crippen LogP contribution < -0.4 is 21.7 Å². The average molecular weight is 226 g/mol. The van der Waals surface area contributed by atoms with E-state index in [4.69, 9.17) is 5.73 Å². The summed E-state index contributed by atoms with van der Waals surface area (Å²) in [4.78, 5) is 22.2. The van der Waals surface area contributed by atoms with Crippen molar-refractivity contribution in [1.29, 1.82) is 0 Å². The number of nitrogens with one attached hydrogen (secondary N) is 3. The highest BCUT2D eigenvalue weighted by Gasteiger charge is 2.42. The van der Waals surface area contributed by atoms with Gasteiger partial charge in [0.2, 0.25) is 5.91 Å². The molecular weight excluding hydrogens is 208 g/mol. The molecule has 0 radical (unpaired) electrons. The van der Waals surface area contributed by atoms with Gasteiger partial charge in [0.25, 0.3) is 0 Å². The molecule has 16 heavy (non-hydrogen) atoms. The number of nitrogens with two attached hydrogens (primary N) is 1. The number of rotatable bonds is 4. The zero-order valence-electron chi connectivity index (χ0n) is 9.16. The van der Waals surface area contributed by atoms with Gasteiger partial charge in [-0.3, -0.25) is 4.79 Å². The molecule has 90 valence electrons. The number of fused-ring (bicyclic) bond motifs is 2. The average Bonchev–Trinajstić information content (AvgIpc) is 2.85. The van der Waals surface area contributed by atoms with Crippen molar-refractivity contribution >= 4 is 11.9 Å². The van der Waals surface area contributed by atoms with Gasteiger partial charge in [-0.15, -0.1) is 0 Å². The zero-order chi connectivity index (χ0) is 11.5. The standard InChI is InChI=1S/C10H18N4O2/c11-10(16)13-4-3-12-9(15)7-5-6-1-2-8(7)14-6/h6-8,14H,1-5H2,(H,12,15)(H3,11,13,16). The lowest BCUT2D eigenvalue weighted by Crippen LogP contribution is -2.42. The number of carbonyl (C=O) groups is 2. The molecule has 6 heteroatoms. The summed E-state index contributed by atoms with van der Waals surface area (Å²) in [7, 11) is 0. The minimum Gasteiger partial charge on any atom is -0.354 e. The fourth-order valence-electron chi connectivity index (χ4n) is 2.62. The Morgan fingerprint density at radius 1 is 1.25 bits per heavy atom. The lowest BCUT2D eigenvalue weighted by Gasteiger charge is -2.19. The molecule has 2 heterocycles. The number of carbonyl (C=O) groups excluding carboxylic acids is 2. The Hall–Kier alpha value is -1.30. The van der Waals surface area contributed by atoms with Crippen molar-refractivity contribution in [2.45, 2.75) is 31.3 Å². The fraction of sp³-hybridized carbons (Fsp3) is 0.800. The molecule has 0 spiro atoms. The zero-order valence-corrected chi connectivity index (χ0v) is 9.16. The van der Waals surface area contributed by atoms with Gasteiger partial charge in [-0.2, -0.15) is 0 Å². The predicted molar refractivity (Wildman–Crippen MR) is 58.6 cm³/mol. The van der Waals surface area contributed by atoms with Gasteiger partial charge in [-0.05, 0) is 19.3 Å². The van der Waals surface area contributed by atoms with Crippen LogP contribution in [-0.4, -0.2) is 37.1 Å². The second-order valence-electron chi connectivity index (χ2n) is 4.47. The van der Waals surface area contributed by atoms with E-state index in [0.717, 1.165) is 12.8 Å². The van der Waals surface area contributed by atoms with Crippen LogP contribution in [0.15, 0.2) is 0 Å². The monoisotopic (exact) mass is 226 g/mol. The predicted octanol–water partition coefficient (Wildman–Crippen LogP) is -1.09. The summed E-state index contributed by atoms with van der Waals surface area (Å²) in [5.41, 5.74) is 4.91. The van der Waals surface area contributed by atoms with Crippen LogP contribution in [0.5, 0.6) is 0 Å². The highest BCUT2D eigenvalue weighted by molar-refractivity contribution is 5.80. The number of hydrogen-bond acceptors (Lipinski definition) is 3. The molecule has 0 aromatic carbocycles. The van der Waals surface area contributed by atoms with Gasteiger partial charge in [0.1, 0.15) is 0 Å². The minimum atomic E-state index is -0.559. The van der Waals surface area contributed by atoms with Crippen LogP contribution in [0.1, 0.15) is 19.3 Å². The summed E-state index contributed by atoms with van der Waals surface area (Å²) in [5.74, 6) is 0.193. The number of urea groups is 1. The molecule has 0 aromatic rings. The maximum absolute atomic E-state index is 11.8. The highest BCUT2D eigenvalue weighted by Crippen LogP contribution is 2.33. The summed E-state index contributed by atoms with van der Waals surface area (Å²) >= 11 is 0. The van der Waals surface area contributed by atoms with Gasteiger partial charge >= 0.3 is 6.03 Å². The molecule has 5 N–H and O–H groups in total. The molecule has 3 unspecified atom stereocenters. The Bertz CT molecular complexity index is 295. The van der Waals surface area contributed by atoms with Crippen molar-refractivity contribution in [3.63, 3.8) is 0 Å². The molecule has 2 bridgehead atoms. The van der Waals surface area contributed by atoms with E-state index in [1.807, 2.05) is 0 Å². The van der Waals surface area contributed by atoms with E-state index in [1.54, 1.807) is 0 Å². The van der Waals surface area contributed by atoms with Crippen molar-refractivity contribution in [3.05, 3.63) is 0 Å². The van der Waals surface area contributed by atoms with Crippen LogP contribution in [0, 0.1) is 5.92 Å². The van der Waals surface area contributed by atoms with Crippen LogP contribution in [0.25, 0.3) is 0 Å².